The molecule has 0 amide bonds. The lowest BCUT2D eigenvalue weighted by molar-refractivity contribution is 0.0734. The molecule has 0 unspecified atom stereocenters. The normalized spacial score (nSPS) is 10.7. The number of carbonyl (C=O) groups is 1. The average Bonchev–Trinajstić information content (AvgIpc) is 2.75. The van der Waals surface area contributed by atoms with E-state index in [4.69, 9.17) is 13.9 Å². The van der Waals surface area contributed by atoms with Crippen molar-refractivity contribution < 1.29 is 18.7 Å². The molecule has 0 aliphatic carbocycles. The standard InChI is InChI=1S/C23H15BrO5/c1-27-17-4-2-3-15(11-17)23(26)29-18-9-10-19-21(12-18)28-13-20(22(19)25)14-5-7-16(24)8-6-14/h2-13H,1H3. The number of hydrogen-bond acceptors (Lipinski definition) is 5. The summed E-state index contributed by atoms with van der Waals surface area (Å²) in [6, 6.07) is 18.8. The second kappa shape index (κ2) is 7.93. The lowest BCUT2D eigenvalue weighted by atomic mass is 10.1. The van der Waals surface area contributed by atoms with E-state index in [1.54, 1.807) is 36.4 Å². The first-order valence-electron chi connectivity index (χ1n) is 8.73. The zero-order valence-electron chi connectivity index (χ0n) is 15.3. The molecule has 6 heteroatoms. The monoisotopic (exact) mass is 450 g/mol. The smallest absolute Gasteiger partial charge is 0.343 e. The maximum atomic E-state index is 12.8. The molecule has 5 nitrogen and oxygen atoms in total. The number of halogens is 1. The lowest BCUT2D eigenvalue weighted by Crippen LogP contribution is -2.09. The Morgan fingerprint density at radius 1 is 0.966 bits per heavy atom. The summed E-state index contributed by atoms with van der Waals surface area (Å²) in [7, 11) is 1.53. The summed E-state index contributed by atoms with van der Waals surface area (Å²) < 4.78 is 17.1. The number of fused-ring (bicyclic) bond motifs is 1. The quantitative estimate of drug-likeness (QED) is 0.305. The first kappa shape index (κ1) is 19.0. The minimum Gasteiger partial charge on any atom is -0.497 e. The minimum atomic E-state index is -0.530. The number of rotatable bonds is 4. The van der Waals surface area contributed by atoms with Crippen LogP contribution >= 0.6 is 15.9 Å². The maximum absolute atomic E-state index is 12.8. The minimum absolute atomic E-state index is 0.153. The van der Waals surface area contributed by atoms with Gasteiger partial charge in [0.05, 0.1) is 23.6 Å². The molecule has 29 heavy (non-hydrogen) atoms. The Morgan fingerprint density at radius 3 is 2.52 bits per heavy atom. The van der Waals surface area contributed by atoms with Gasteiger partial charge in [-0.15, -0.1) is 0 Å². The molecule has 4 rings (SSSR count). The molecule has 0 bridgehead atoms. The Balaban J connectivity index is 1.64. The molecule has 4 aromatic rings. The van der Waals surface area contributed by atoms with Gasteiger partial charge in [0.2, 0.25) is 0 Å². The van der Waals surface area contributed by atoms with E-state index in [0.717, 1.165) is 10.0 Å². The number of carbonyl (C=O) groups excluding carboxylic acids is 1. The van der Waals surface area contributed by atoms with Crippen molar-refractivity contribution in [2.45, 2.75) is 0 Å². The third-order valence-electron chi connectivity index (χ3n) is 4.42. The molecule has 144 valence electrons. The predicted octanol–water partition coefficient (Wildman–Crippen LogP) is 5.45. The first-order valence-corrected chi connectivity index (χ1v) is 9.52. The first-order chi connectivity index (χ1) is 14.0. The Bertz CT molecular complexity index is 1260. The van der Waals surface area contributed by atoms with Crippen LogP contribution in [0.1, 0.15) is 10.4 Å². The zero-order chi connectivity index (χ0) is 20.4. The SMILES string of the molecule is COc1cccc(C(=O)Oc2ccc3c(=O)c(-c4ccc(Br)cc4)coc3c2)c1. The number of benzene rings is 3. The van der Waals surface area contributed by atoms with Crippen LogP contribution in [0.5, 0.6) is 11.5 Å². The Kier molecular flexibility index (Phi) is 5.18. The summed E-state index contributed by atoms with van der Waals surface area (Å²) in [5, 5.41) is 0.409. The summed E-state index contributed by atoms with van der Waals surface area (Å²) in [4.78, 5) is 25.2. The maximum Gasteiger partial charge on any atom is 0.343 e. The molecule has 1 aromatic heterocycles. The number of hydrogen-bond donors (Lipinski definition) is 0. The van der Waals surface area contributed by atoms with Crippen molar-refractivity contribution in [1.82, 2.24) is 0 Å². The highest BCUT2D eigenvalue weighted by atomic mass is 79.9. The van der Waals surface area contributed by atoms with Gasteiger partial charge in [0, 0.05) is 10.5 Å². The highest BCUT2D eigenvalue weighted by Gasteiger charge is 2.13. The van der Waals surface area contributed by atoms with Crippen molar-refractivity contribution in [2.24, 2.45) is 0 Å². The van der Waals surface area contributed by atoms with Gasteiger partial charge >= 0.3 is 5.97 Å². The van der Waals surface area contributed by atoms with Crippen LogP contribution in [0, 0.1) is 0 Å². The van der Waals surface area contributed by atoms with Gasteiger partial charge in [-0.2, -0.15) is 0 Å². The van der Waals surface area contributed by atoms with Crippen LogP contribution in [0.25, 0.3) is 22.1 Å². The van der Waals surface area contributed by atoms with Crippen molar-refractivity contribution in [3.05, 3.63) is 93.3 Å². The van der Waals surface area contributed by atoms with Gasteiger partial charge in [-0.25, -0.2) is 4.79 Å². The van der Waals surface area contributed by atoms with Gasteiger partial charge < -0.3 is 13.9 Å². The summed E-state index contributed by atoms with van der Waals surface area (Å²) in [5.74, 6) is 0.311. The van der Waals surface area contributed by atoms with E-state index in [0.29, 0.717) is 27.8 Å². The second-order valence-electron chi connectivity index (χ2n) is 6.26. The number of esters is 1. The van der Waals surface area contributed by atoms with E-state index >= 15 is 0 Å². The van der Waals surface area contributed by atoms with Crippen LogP contribution in [0.3, 0.4) is 0 Å². The van der Waals surface area contributed by atoms with Crippen molar-refractivity contribution in [3.8, 4) is 22.6 Å². The predicted molar refractivity (Wildman–Crippen MR) is 114 cm³/mol. The van der Waals surface area contributed by atoms with E-state index in [1.165, 1.54) is 19.4 Å². The van der Waals surface area contributed by atoms with Gasteiger partial charge in [-0.1, -0.05) is 34.1 Å². The van der Waals surface area contributed by atoms with Gasteiger partial charge in [0.25, 0.3) is 0 Å². The van der Waals surface area contributed by atoms with Crippen LogP contribution < -0.4 is 14.9 Å². The number of ether oxygens (including phenoxy) is 2. The van der Waals surface area contributed by atoms with Crippen LogP contribution in [0.2, 0.25) is 0 Å². The molecule has 0 N–H and O–H groups in total. The third-order valence-corrected chi connectivity index (χ3v) is 4.95. The summed E-state index contributed by atoms with van der Waals surface area (Å²) in [6.45, 7) is 0. The van der Waals surface area contributed by atoms with Crippen molar-refractivity contribution in [2.75, 3.05) is 7.11 Å². The Labute approximate surface area is 174 Å². The van der Waals surface area contributed by atoms with E-state index in [2.05, 4.69) is 15.9 Å². The summed E-state index contributed by atoms with van der Waals surface area (Å²) in [6.07, 6.45) is 1.42. The molecule has 0 radical (unpaired) electrons. The molecule has 0 saturated heterocycles. The van der Waals surface area contributed by atoms with E-state index in [1.807, 2.05) is 24.3 Å². The second-order valence-corrected chi connectivity index (χ2v) is 7.18. The molecule has 3 aromatic carbocycles. The van der Waals surface area contributed by atoms with Gasteiger partial charge in [-0.05, 0) is 48.0 Å². The van der Waals surface area contributed by atoms with Crippen molar-refractivity contribution in [3.63, 3.8) is 0 Å². The van der Waals surface area contributed by atoms with Crippen molar-refractivity contribution >= 4 is 32.9 Å². The molecule has 0 atom stereocenters. The molecule has 0 aliphatic rings. The van der Waals surface area contributed by atoms with Crippen LogP contribution in [0.4, 0.5) is 0 Å². The largest absolute Gasteiger partial charge is 0.497 e. The zero-order valence-corrected chi connectivity index (χ0v) is 16.9. The van der Waals surface area contributed by atoms with Crippen LogP contribution in [-0.4, -0.2) is 13.1 Å². The van der Waals surface area contributed by atoms with Crippen LogP contribution in [-0.2, 0) is 0 Å². The van der Waals surface area contributed by atoms with Gasteiger partial charge in [0.1, 0.15) is 23.3 Å². The fraction of sp³-hybridized carbons (Fsp3) is 0.0435. The average molecular weight is 451 g/mol. The summed E-state index contributed by atoms with van der Waals surface area (Å²) in [5.41, 5.74) is 1.77. The molecular formula is C23H15BrO5. The lowest BCUT2D eigenvalue weighted by Gasteiger charge is -2.07. The van der Waals surface area contributed by atoms with E-state index < -0.39 is 5.97 Å². The number of methoxy groups -OCH3 is 1. The Morgan fingerprint density at radius 2 is 1.76 bits per heavy atom. The van der Waals surface area contributed by atoms with Crippen molar-refractivity contribution in [1.29, 1.82) is 0 Å². The van der Waals surface area contributed by atoms with Gasteiger partial charge in [-0.3, -0.25) is 4.79 Å². The van der Waals surface area contributed by atoms with Gasteiger partial charge in [0.15, 0.2) is 5.43 Å². The molecule has 0 spiro atoms. The fourth-order valence-corrected chi connectivity index (χ4v) is 3.18. The molecule has 0 fully saturated rings. The molecule has 1 heterocycles. The van der Waals surface area contributed by atoms with E-state index in [-0.39, 0.29) is 11.2 Å². The molecule has 0 aliphatic heterocycles. The fourth-order valence-electron chi connectivity index (χ4n) is 2.92. The third kappa shape index (κ3) is 3.93. The molecule has 0 saturated carbocycles. The summed E-state index contributed by atoms with van der Waals surface area (Å²) >= 11 is 3.38. The highest BCUT2D eigenvalue weighted by molar-refractivity contribution is 9.10. The van der Waals surface area contributed by atoms with Crippen LogP contribution in [0.15, 0.2) is 86.7 Å². The highest BCUT2D eigenvalue weighted by Crippen LogP contribution is 2.25. The topological polar surface area (TPSA) is 65.7 Å². The van der Waals surface area contributed by atoms with E-state index in [9.17, 15) is 9.59 Å². The molecular weight excluding hydrogens is 436 g/mol. The Hall–Kier alpha value is -3.38.